The molecule has 0 fully saturated rings. The summed E-state index contributed by atoms with van der Waals surface area (Å²) in [4.78, 5) is 11.0. The minimum absolute atomic E-state index is 0.0329. The lowest BCUT2D eigenvalue weighted by atomic mass is 10.3. The number of nitrogens with zero attached hydrogens (tertiary/aromatic N) is 2. The van der Waals surface area contributed by atoms with E-state index in [0.29, 0.717) is 0 Å². The lowest BCUT2D eigenvalue weighted by Gasteiger charge is -2.07. The summed E-state index contributed by atoms with van der Waals surface area (Å²) in [5.41, 5.74) is -0.0605. The number of carboxylic acid groups (broad SMARTS) is 1. The zero-order valence-electron chi connectivity index (χ0n) is 10.7. The van der Waals surface area contributed by atoms with E-state index in [1.165, 1.54) is 29.9 Å². The van der Waals surface area contributed by atoms with Gasteiger partial charge in [0.2, 0.25) is 0 Å². The van der Waals surface area contributed by atoms with Gasteiger partial charge in [-0.3, -0.25) is 4.68 Å². The Kier molecular flexibility index (Phi) is 4.27. The first-order valence-electron chi connectivity index (χ1n) is 5.64. The van der Waals surface area contributed by atoms with E-state index in [1.807, 2.05) is 0 Å². The third-order valence-corrected chi connectivity index (χ3v) is 5.23. The topological polar surface area (TPSA) is 89.3 Å². The van der Waals surface area contributed by atoms with Gasteiger partial charge < -0.3 is 5.11 Å². The van der Waals surface area contributed by atoms with Gasteiger partial charge in [-0.15, -0.1) is 0 Å². The lowest BCUT2D eigenvalue weighted by Crippen LogP contribution is -2.12. The van der Waals surface area contributed by atoms with Gasteiger partial charge in [-0.2, -0.15) is 5.10 Å². The highest BCUT2D eigenvalue weighted by molar-refractivity contribution is 7.90. The molecular weight excluding hydrogens is 339 g/mol. The Morgan fingerprint density at radius 3 is 2.57 bits per heavy atom. The van der Waals surface area contributed by atoms with Crippen LogP contribution in [0.3, 0.4) is 0 Å². The molecule has 1 heterocycles. The van der Waals surface area contributed by atoms with Crippen LogP contribution in [0.1, 0.15) is 16.1 Å². The molecule has 2 aromatic rings. The molecule has 1 aromatic carbocycles. The van der Waals surface area contributed by atoms with Crippen LogP contribution in [0.5, 0.6) is 0 Å². The Morgan fingerprint density at radius 2 is 2.00 bits per heavy atom. The van der Waals surface area contributed by atoms with E-state index in [2.05, 4.69) is 5.10 Å². The first-order chi connectivity index (χ1) is 9.72. The van der Waals surface area contributed by atoms with Crippen LogP contribution in [0, 0.1) is 0 Å². The molecule has 6 nitrogen and oxygen atoms in total. The van der Waals surface area contributed by atoms with E-state index in [0.717, 1.165) is 6.20 Å². The standard InChI is InChI=1S/C12H10Cl2N2O4S/c1-16-11(8(5-15-16)12(17)18)6-21(19,20)7-2-3-9(13)10(14)4-7/h2-5H,6H2,1H3,(H,17,18). The summed E-state index contributed by atoms with van der Waals surface area (Å²) in [5, 5.41) is 13.2. The molecule has 0 saturated carbocycles. The second kappa shape index (κ2) is 5.67. The average molecular weight is 349 g/mol. The van der Waals surface area contributed by atoms with Gasteiger partial charge >= 0.3 is 5.97 Å². The van der Waals surface area contributed by atoms with Crippen LogP contribution in [-0.4, -0.2) is 29.3 Å². The smallest absolute Gasteiger partial charge is 0.339 e. The average Bonchev–Trinajstić information content (AvgIpc) is 2.74. The van der Waals surface area contributed by atoms with Gasteiger partial charge in [0, 0.05) is 7.05 Å². The van der Waals surface area contributed by atoms with Crippen LogP contribution in [-0.2, 0) is 22.6 Å². The van der Waals surface area contributed by atoms with Gasteiger partial charge in [-0.05, 0) is 18.2 Å². The Morgan fingerprint density at radius 1 is 1.33 bits per heavy atom. The molecule has 2 rings (SSSR count). The minimum atomic E-state index is -3.77. The first-order valence-corrected chi connectivity index (χ1v) is 8.05. The number of carboxylic acids is 1. The zero-order chi connectivity index (χ0) is 15.8. The Balaban J connectivity index is 2.44. The number of benzene rings is 1. The largest absolute Gasteiger partial charge is 0.478 e. The zero-order valence-corrected chi connectivity index (χ0v) is 13.1. The maximum absolute atomic E-state index is 12.4. The van der Waals surface area contributed by atoms with Crippen LogP contribution in [0.25, 0.3) is 0 Å². The van der Waals surface area contributed by atoms with Gasteiger partial charge in [-0.1, -0.05) is 23.2 Å². The van der Waals surface area contributed by atoms with Crippen molar-refractivity contribution in [3.8, 4) is 0 Å². The van der Waals surface area contributed by atoms with E-state index in [-0.39, 0.29) is 26.2 Å². The van der Waals surface area contributed by atoms with E-state index in [1.54, 1.807) is 0 Å². The Hall–Kier alpha value is -1.57. The van der Waals surface area contributed by atoms with Gasteiger partial charge in [0.1, 0.15) is 5.56 Å². The first kappa shape index (κ1) is 15.8. The monoisotopic (exact) mass is 348 g/mol. The number of halogens is 2. The fourth-order valence-electron chi connectivity index (χ4n) is 1.75. The predicted octanol–water partition coefficient (Wildman–Crippen LogP) is 2.40. The van der Waals surface area contributed by atoms with E-state index in [9.17, 15) is 13.2 Å². The normalized spacial score (nSPS) is 11.6. The number of aryl methyl sites for hydroxylation is 1. The molecular formula is C12H10Cl2N2O4S. The number of hydrogen-bond donors (Lipinski definition) is 1. The fraction of sp³-hybridized carbons (Fsp3) is 0.167. The van der Waals surface area contributed by atoms with Crippen molar-refractivity contribution in [2.24, 2.45) is 7.05 Å². The SMILES string of the molecule is Cn1ncc(C(=O)O)c1CS(=O)(=O)c1ccc(Cl)c(Cl)c1. The van der Waals surface area contributed by atoms with Crippen molar-refractivity contribution in [3.05, 3.63) is 45.7 Å². The van der Waals surface area contributed by atoms with Crippen LogP contribution in [0.15, 0.2) is 29.3 Å². The van der Waals surface area contributed by atoms with Crippen molar-refractivity contribution in [1.82, 2.24) is 9.78 Å². The van der Waals surface area contributed by atoms with Crippen molar-refractivity contribution >= 4 is 39.0 Å². The summed E-state index contributed by atoms with van der Waals surface area (Å²) in [6.07, 6.45) is 1.11. The molecule has 0 unspecified atom stereocenters. The number of carbonyl (C=O) groups is 1. The molecule has 21 heavy (non-hydrogen) atoms. The van der Waals surface area contributed by atoms with Crippen molar-refractivity contribution in [2.45, 2.75) is 10.6 Å². The maximum Gasteiger partial charge on any atom is 0.339 e. The highest BCUT2D eigenvalue weighted by atomic mass is 35.5. The van der Waals surface area contributed by atoms with Crippen molar-refractivity contribution in [3.63, 3.8) is 0 Å². The summed E-state index contributed by atoms with van der Waals surface area (Å²) >= 11 is 11.6. The highest BCUT2D eigenvalue weighted by Crippen LogP contribution is 2.27. The van der Waals surface area contributed by atoms with Crippen LogP contribution in [0.4, 0.5) is 0 Å². The molecule has 1 N–H and O–H groups in total. The van der Waals surface area contributed by atoms with E-state index in [4.69, 9.17) is 28.3 Å². The Bertz CT molecular complexity index is 815. The molecule has 9 heteroatoms. The lowest BCUT2D eigenvalue weighted by molar-refractivity contribution is 0.0696. The Labute approximate surface area is 130 Å². The molecule has 0 amide bonds. The molecule has 112 valence electrons. The summed E-state index contributed by atoms with van der Waals surface area (Å²) in [6.45, 7) is 0. The van der Waals surface area contributed by atoms with Crippen molar-refractivity contribution < 1.29 is 18.3 Å². The van der Waals surface area contributed by atoms with Crippen molar-refractivity contribution in [1.29, 1.82) is 0 Å². The molecule has 1 aromatic heterocycles. The molecule has 0 radical (unpaired) electrons. The summed E-state index contributed by atoms with van der Waals surface area (Å²) < 4.78 is 25.9. The summed E-state index contributed by atoms with van der Waals surface area (Å²) in [5.74, 6) is -1.73. The van der Waals surface area contributed by atoms with Gasteiger partial charge in [0.15, 0.2) is 9.84 Å². The highest BCUT2D eigenvalue weighted by Gasteiger charge is 2.23. The van der Waals surface area contributed by atoms with Crippen LogP contribution >= 0.6 is 23.2 Å². The second-order valence-corrected chi connectivity index (χ2v) is 7.07. The molecule has 0 spiro atoms. The van der Waals surface area contributed by atoms with Crippen molar-refractivity contribution in [2.75, 3.05) is 0 Å². The number of hydrogen-bond acceptors (Lipinski definition) is 4. The maximum atomic E-state index is 12.4. The van der Waals surface area contributed by atoms with Crippen LogP contribution < -0.4 is 0 Å². The fourth-order valence-corrected chi connectivity index (χ4v) is 3.55. The van der Waals surface area contributed by atoms with E-state index < -0.39 is 21.6 Å². The molecule has 0 bridgehead atoms. The molecule has 0 aliphatic rings. The third kappa shape index (κ3) is 3.20. The number of aromatic nitrogens is 2. The number of sulfone groups is 1. The van der Waals surface area contributed by atoms with E-state index >= 15 is 0 Å². The second-order valence-electron chi connectivity index (χ2n) is 4.27. The van der Waals surface area contributed by atoms with Gasteiger partial charge in [0.25, 0.3) is 0 Å². The quantitative estimate of drug-likeness (QED) is 0.916. The molecule has 0 aliphatic heterocycles. The molecule has 0 atom stereocenters. The minimum Gasteiger partial charge on any atom is -0.478 e. The predicted molar refractivity (Wildman–Crippen MR) is 77.5 cm³/mol. The summed E-state index contributed by atoms with van der Waals surface area (Å²) in [7, 11) is -2.29. The number of rotatable bonds is 4. The van der Waals surface area contributed by atoms with Gasteiger partial charge in [-0.25, -0.2) is 13.2 Å². The van der Waals surface area contributed by atoms with Gasteiger partial charge in [0.05, 0.1) is 32.6 Å². The third-order valence-electron chi connectivity index (χ3n) is 2.87. The molecule has 0 saturated heterocycles. The summed E-state index contributed by atoms with van der Waals surface area (Å²) in [6, 6.07) is 3.93. The van der Waals surface area contributed by atoms with Crippen LogP contribution in [0.2, 0.25) is 10.0 Å². The number of aromatic carboxylic acids is 1. The molecule has 0 aliphatic carbocycles.